The number of aliphatic carboxylic acids is 1. The minimum absolute atomic E-state index is 0.000945. The molecule has 0 saturated heterocycles. The summed E-state index contributed by atoms with van der Waals surface area (Å²) in [6.45, 7) is 4.87. The van der Waals surface area contributed by atoms with Gasteiger partial charge in [-0.25, -0.2) is 4.79 Å². The second-order valence-electron chi connectivity index (χ2n) is 3.90. The lowest BCUT2D eigenvalue weighted by atomic mass is 9.79. The molecule has 0 aromatic rings. The van der Waals surface area contributed by atoms with Crippen molar-refractivity contribution >= 4 is 5.97 Å². The highest BCUT2D eigenvalue weighted by molar-refractivity contribution is 5.78. The van der Waals surface area contributed by atoms with E-state index in [0.29, 0.717) is 12.8 Å². The normalized spacial score (nSPS) is 19.8. The quantitative estimate of drug-likeness (QED) is 0.606. The van der Waals surface area contributed by atoms with Crippen molar-refractivity contribution in [2.45, 2.75) is 57.7 Å². The van der Waals surface area contributed by atoms with Gasteiger partial charge in [0, 0.05) is 0 Å². The number of carboxylic acid groups (broad SMARTS) is 1. The molecule has 4 nitrogen and oxygen atoms in total. The Hall–Kier alpha value is -0.610. The van der Waals surface area contributed by atoms with Crippen LogP contribution in [0.5, 0.6) is 0 Å². The highest BCUT2D eigenvalue weighted by Gasteiger charge is 2.50. The molecule has 0 aliphatic heterocycles. The summed E-state index contributed by atoms with van der Waals surface area (Å²) < 4.78 is 0. The third-order valence-electron chi connectivity index (χ3n) is 2.77. The second-order valence-corrected chi connectivity index (χ2v) is 3.90. The molecule has 0 saturated carbocycles. The summed E-state index contributed by atoms with van der Waals surface area (Å²) in [5.74, 6) is -1.36. The number of carboxylic acids is 1. The number of aliphatic hydroxyl groups is 2. The van der Waals surface area contributed by atoms with Crippen LogP contribution in [0.2, 0.25) is 0 Å². The largest absolute Gasteiger partial charge is 0.479 e. The zero-order valence-corrected chi connectivity index (χ0v) is 9.08. The van der Waals surface area contributed by atoms with Crippen LogP contribution in [0.4, 0.5) is 0 Å². The van der Waals surface area contributed by atoms with Gasteiger partial charge in [0.25, 0.3) is 0 Å². The van der Waals surface area contributed by atoms with Crippen molar-refractivity contribution in [1.29, 1.82) is 0 Å². The Labute approximate surface area is 84.6 Å². The lowest BCUT2D eigenvalue weighted by Gasteiger charge is -2.37. The van der Waals surface area contributed by atoms with Crippen LogP contribution in [0.3, 0.4) is 0 Å². The summed E-state index contributed by atoms with van der Waals surface area (Å²) in [7, 11) is 0. The first kappa shape index (κ1) is 13.4. The summed E-state index contributed by atoms with van der Waals surface area (Å²) in [5.41, 5.74) is -3.61. The van der Waals surface area contributed by atoms with Gasteiger partial charge in [-0.2, -0.15) is 0 Å². The van der Waals surface area contributed by atoms with Gasteiger partial charge in [0.05, 0.1) is 0 Å². The molecule has 0 aliphatic carbocycles. The van der Waals surface area contributed by atoms with E-state index in [1.807, 2.05) is 6.92 Å². The summed E-state index contributed by atoms with van der Waals surface area (Å²) in [5, 5.41) is 28.6. The Bertz CT molecular complexity index is 200. The second kappa shape index (κ2) is 4.75. The Morgan fingerprint density at radius 1 is 1.29 bits per heavy atom. The molecule has 2 atom stereocenters. The maximum Gasteiger partial charge on any atom is 0.338 e. The highest BCUT2D eigenvalue weighted by atomic mass is 16.4. The molecular formula is C10H20O4. The lowest BCUT2D eigenvalue weighted by Crippen LogP contribution is -2.57. The van der Waals surface area contributed by atoms with E-state index < -0.39 is 17.2 Å². The molecule has 0 bridgehead atoms. The van der Waals surface area contributed by atoms with Crippen LogP contribution >= 0.6 is 0 Å². The topological polar surface area (TPSA) is 77.8 Å². The van der Waals surface area contributed by atoms with Crippen LogP contribution in [0, 0.1) is 0 Å². The highest BCUT2D eigenvalue weighted by Crippen LogP contribution is 2.30. The van der Waals surface area contributed by atoms with Gasteiger partial charge in [-0.05, 0) is 19.8 Å². The Morgan fingerprint density at radius 3 is 2.07 bits per heavy atom. The SMILES string of the molecule is CCCCC(C)(O)C(O)(CC)C(=O)O. The molecule has 0 aromatic heterocycles. The predicted molar refractivity (Wildman–Crippen MR) is 53.0 cm³/mol. The summed E-state index contributed by atoms with van der Waals surface area (Å²) in [4.78, 5) is 10.9. The number of rotatable bonds is 6. The van der Waals surface area contributed by atoms with E-state index >= 15 is 0 Å². The summed E-state index contributed by atoms with van der Waals surface area (Å²) >= 11 is 0. The van der Waals surface area contributed by atoms with E-state index in [-0.39, 0.29) is 6.42 Å². The minimum atomic E-state index is -2.04. The molecular weight excluding hydrogens is 184 g/mol. The minimum Gasteiger partial charge on any atom is -0.479 e. The average molecular weight is 204 g/mol. The molecule has 84 valence electrons. The molecule has 0 heterocycles. The first-order valence-corrected chi connectivity index (χ1v) is 5.00. The van der Waals surface area contributed by atoms with Crippen LogP contribution < -0.4 is 0 Å². The smallest absolute Gasteiger partial charge is 0.338 e. The molecule has 0 rings (SSSR count). The molecule has 2 unspecified atom stereocenters. The van der Waals surface area contributed by atoms with Crippen LogP contribution in [0.25, 0.3) is 0 Å². The van der Waals surface area contributed by atoms with Gasteiger partial charge in [0.15, 0.2) is 5.60 Å². The zero-order chi connectivity index (χ0) is 11.4. The van der Waals surface area contributed by atoms with Crippen LogP contribution in [0.1, 0.15) is 46.5 Å². The van der Waals surface area contributed by atoms with Gasteiger partial charge in [0.1, 0.15) is 5.60 Å². The maximum absolute atomic E-state index is 10.9. The number of hydrogen-bond acceptors (Lipinski definition) is 3. The van der Waals surface area contributed by atoms with Gasteiger partial charge in [-0.3, -0.25) is 0 Å². The summed E-state index contributed by atoms with van der Waals surface area (Å²) in [6.07, 6.45) is 1.84. The van der Waals surface area contributed by atoms with Crippen molar-refractivity contribution in [1.82, 2.24) is 0 Å². The Kier molecular flexibility index (Phi) is 4.55. The van der Waals surface area contributed by atoms with Crippen molar-refractivity contribution in [2.24, 2.45) is 0 Å². The van der Waals surface area contributed by atoms with E-state index in [9.17, 15) is 15.0 Å². The molecule has 0 aliphatic rings. The van der Waals surface area contributed by atoms with Crippen molar-refractivity contribution in [3.05, 3.63) is 0 Å². The fourth-order valence-electron chi connectivity index (χ4n) is 1.49. The molecule has 0 spiro atoms. The average Bonchev–Trinajstić information content (AvgIpc) is 2.12. The van der Waals surface area contributed by atoms with Crippen molar-refractivity contribution in [3.8, 4) is 0 Å². The molecule has 0 radical (unpaired) electrons. The van der Waals surface area contributed by atoms with E-state index in [2.05, 4.69) is 0 Å². The van der Waals surface area contributed by atoms with Crippen molar-refractivity contribution in [3.63, 3.8) is 0 Å². The molecule has 0 aromatic carbocycles. The summed E-state index contributed by atoms with van der Waals surface area (Å²) in [6, 6.07) is 0. The molecule has 14 heavy (non-hydrogen) atoms. The number of carbonyl (C=O) groups is 1. The van der Waals surface area contributed by atoms with E-state index in [1.54, 1.807) is 6.92 Å². The van der Waals surface area contributed by atoms with Gasteiger partial charge in [-0.15, -0.1) is 0 Å². The molecule has 4 heteroatoms. The predicted octanol–water partition coefficient (Wildman–Crippen LogP) is 1.15. The van der Waals surface area contributed by atoms with Crippen LogP contribution in [-0.2, 0) is 4.79 Å². The third kappa shape index (κ3) is 2.45. The standard InChI is InChI=1S/C10H20O4/c1-4-6-7-9(3,13)10(14,5-2)8(11)12/h13-14H,4-7H2,1-3H3,(H,11,12). The lowest BCUT2D eigenvalue weighted by molar-refractivity contribution is -0.191. The fourth-order valence-corrected chi connectivity index (χ4v) is 1.49. The molecule has 0 amide bonds. The van der Waals surface area contributed by atoms with Gasteiger partial charge in [-0.1, -0.05) is 26.7 Å². The molecule has 0 fully saturated rings. The van der Waals surface area contributed by atoms with Gasteiger partial charge >= 0.3 is 5.97 Å². The van der Waals surface area contributed by atoms with Crippen molar-refractivity contribution in [2.75, 3.05) is 0 Å². The van der Waals surface area contributed by atoms with E-state index in [0.717, 1.165) is 6.42 Å². The zero-order valence-electron chi connectivity index (χ0n) is 9.08. The number of hydrogen-bond donors (Lipinski definition) is 3. The van der Waals surface area contributed by atoms with Crippen LogP contribution in [-0.4, -0.2) is 32.5 Å². The van der Waals surface area contributed by atoms with Gasteiger partial charge < -0.3 is 15.3 Å². The Balaban J connectivity index is 4.72. The first-order chi connectivity index (χ1) is 6.31. The van der Waals surface area contributed by atoms with Crippen LogP contribution in [0.15, 0.2) is 0 Å². The van der Waals surface area contributed by atoms with E-state index in [1.165, 1.54) is 6.92 Å². The maximum atomic E-state index is 10.9. The monoisotopic (exact) mass is 204 g/mol. The van der Waals surface area contributed by atoms with E-state index in [4.69, 9.17) is 5.11 Å². The number of unbranched alkanes of at least 4 members (excludes halogenated alkanes) is 1. The van der Waals surface area contributed by atoms with Crippen molar-refractivity contribution < 1.29 is 20.1 Å². The molecule has 3 N–H and O–H groups in total. The fraction of sp³-hybridized carbons (Fsp3) is 0.900. The first-order valence-electron chi connectivity index (χ1n) is 5.00. The van der Waals surface area contributed by atoms with Gasteiger partial charge in [0.2, 0.25) is 0 Å². The third-order valence-corrected chi connectivity index (χ3v) is 2.77. The Morgan fingerprint density at radius 2 is 1.79 bits per heavy atom.